The Hall–Kier alpha value is -1.61. The van der Waals surface area contributed by atoms with Crippen molar-refractivity contribution in [1.82, 2.24) is 4.98 Å². The maximum absolute atomic E-state index is 10.3. The van der Waals surface area contributed by atoms with Crippen molar-refractivity contribution in [2.75, 3.05) is 6.54 Å². The fraction of sp³-hybridized carbons (Fsp3) is 0.588. The number of nitrogens with one attached hydrogen (secondary N) is 1. The maximum atomic E-state index is 10.3. The number of hydrogen-bond donors (Lipinski definition) is 3. The summed E-state index contributed by atoms with van der Waals surface area (Å²) >= 11 is -1.56. The van der Waals surface area contributed by atoms with Crippen molar-refractivity contribution in [3.63, 3.8) is 0 Å². The van der Waals surface area contributed by atoms with Crippen molar-refractivity contribution in [2.24, 2.45) is 0 Å². The van der Waals surface area contributed by atoms with Crippen LogP contribution in [-0.4, -0.2) is 37.7 Å². The van der Waals surface area contributed by atoms with Crippen molar-refractivity contribution < 1.29 is 44.1 Å². The Morgan fingerprint density at radius 1 is 1.00 bits per heavy atom. The Bertz CT molecular complexity index is 477. The first-order valence-electron chi connectivity index (χ1n) is 8.40. The summed E-state index contributed by atoms with van der Waals surface area (Å²) in [5.74, 6) is -1.96. The van der Waals surface area contributed by atoms with E-state index in [1.807, 2.05) is 0 Å². The van der Waals surface area contributed by atoms with E-state index in [1.54, 1.807) is 18.2 Å². The van der Waals surface area contributed by atoms with Crippen LogP contribution < -0.4 is 0 Å². The molecule has 0 saturated heterocycles. The molecule has 0 spiro atoms. The summed E-state index contributed by atoms with van der Waals surface area (Å²) in [7, 11) is 0. The molecule has 9 heteroatoms. The Balaban J connectivity index is 0. The van der Waals surface area contributed by atoms with Gasteiger partial charge in [-0.3, -0.25) is 14.6 Å². The van der Waals surface area contributed by atoms with E-state index in [9.17, 15) is 9.59 Å². The predicted molar refractivity (Wildman–Crippen MR) is 92.4 cm³/mol. The zero-order chi connectivity index (χ0) is 20.2. The van der Waals surface area contributed by atoms with Crippen molar-refractivity contribution in [3.8, 4) is 0 Å². The van der Waals surface area contributed by atoms with Crippen LogP contribution in [0, 0.1) is 0 Å². The minimum absolute atomic E-state index is 0.187. The van der Waals surface area contributed by atoms with E-state index in [0.29, 0.717) is 17.9 Å². The first-order chi connectivity index (χ1) is 12.4. The van der Waals surface area contributed by atoms with E-state index in [0.717, 1.165) is 6.42 Å². The standard InChI is InChI=1S/C9H9NO4.C8H18N.H2O.O.V/c11-8(12)4-6-2-1-3-7(10-6)5-9(13)14;1-2-3-4-5-6-7-8-9;;;/h1-3H,4-5H2,(H,11,12)(H,13,14);9H,2-8H2,1H3;1H2;;/q;-1;;;+1/p-1. The zero-order valence-electron chi connectivity index (χ0n) is 15.1. The molecule has 26 heavy (non-hydrogen) atoms. The summed E-state index contributed by atoms with van der Waals surface area (Å²) < 4.78 is 15.7. The zero-order valence-corrected chi connectivity index (χ0v) is 16.5. The second-order valence-electron chi connectivity index (χ2n) is 5.36. The van der Waals surface area contributed by atoms with Crippen LogP contribution in [0.4, 0.5) is 0 Å². The molecule has 1 heterocycles. The predicted octanol–water partition coefficient (Wildman–Crippen LogP) is 3.06. The number of carboxylic acids is 2. The van der Waals surface area contributed by atoms with Crippen molar-refractivity contribution >= 4 is 11.9 Å². The number of unbranched alkanes of at least 4 members (excludes halogenated alkanes) is 5. The van der Waals surface area contributed by atoms with E-state index in [1.165, 1.54) is 32.1 Å². The third-order valence-electron chi connectivity index (χ3n) is 3.06. The van der Waals surface area contributed by atoms with E-state index >= 15 is 0 Å². The first-order valence-corrected chi connectivity index (χ1v) is 9.60. The van der Waals surface area contributed by atoms with Gasteiger partial charge in [-0.05, 0) is 12.1 Å². The molecular weight excluding hydrogens is 379 g/mol. The number of hydrogen-bond acceptors (Lipinski definition) is 4. The number of carboxylic acid groups (broad SMARTS) is 2. The number of pyridine rings is 1. The number of nitrogens with zero attached hydrogens (tertiary/aromatic N) is 1. The average Bonchev–Trinajstić information content (AvgIpc) is 2.55. The van der Waals surface area contributed by atoms with Crippen LogP contribution in [0.2, 0.25) is 0 Å². The third-order valence-corrected chi connectivity index (χ3v) is 3.06. The van der Waals surface area contributed by atoms with Crippen LogP contribution in [-0.2, 0) is 42.7 Å². The molecule has 0 fully saturated rings. The molecule has 1 aromatic rings. The molecule has 0 aliphatic carbocycles. The van der Waals surface area contributed by atoms with Gasteiger partial charge in [0.25, 0.3) is 0 Å². The molecule has 1 aromatic heterocycles. The average molecular weight is 407 g/mol. The van der Waals surface area contributed by atoms with Gasteiger partial charge in [-0.15, -0.1) is 0 Å². The summed E-state index contributed by atoms with van der Waals surface area (Å²) in [6.45, 7) is 2.84. The van der Waals surface area contributed by atoms with Gasteiger partial charge in [0, 0.05) is 0 Å². The molecule has 0 aromatic carbocycles. The van der Waals surface area contributed by atoms with Gasteiger partial charge >= 0.3 is 36.2 Å². The number of carbonyl (C=O) groups is 2. The Morgan fingerprint density at radius 3 is 1.81 bits per heavy atom. The summed E-state index contributed by atoms with van der Waals surface area (Å²) in [5.41, 5.74) is 7.63. The number of aliphatic carboxylic acids is 2. The monoisotopic (exact) mass is 407 g/mol. The molecule has 0 bridgehead atoms. The van der Waals surface area contributed by atoms with Crippen molar-refractivity contribution in [1.29, 1.82) is 0 Å². The van der Waals surface area contributed by atoms with Crippen molar-refractivity contribution in [2.45, 2.75) is 58.3 Å². The SMILES string of the molecule is CCCCCCCC[NH-].O=C(O)Cc1cccc(CC(=O)O)n1.[O]=[V][OH]. The molecule has 0 aliphatic rings. The second kappa shape index (κ2) is 19.7. The van der Waals surface area contributed by atoms with Crippen LogP contribution in [0.3, 0.4) is 0 Å². The topological polar surface area (TPSA) is 149 Å². The van der Waals surface area contributed by atoms with E-state index < -0.39 is 28.5 Å². The van der Waals surface area contributed by atoms with Gasteiger partial charge in [0.05, 0.1) is 24.2 Å². The van der Waals surface area contributed by atoms with Crippen LogP contribution in [0.25, 0.3) is 5.73 Å². The summed E-state index contributed by atoms with van der Waals surface area (Å²) in [4.78, 5) is 24.6. The quantitative estimate of drug-likeness (QED) is 0.505. The molecule has 0 unspecified atom stereocenters. The molecule has 0 radical (unpaired) electrons. The molecule has 0 aliphatic heterocycles. The number of aromatic nitrogens is 1. The Kier molecular flexibility index (Phi) is 20.2. The van der Waals surface area contributed by atoms with Crippen LogP contribution >= 0.6 is 0 Å². The molecule has 1 rings (SSSR count). The van der Waals surface area contributed by atoms with Gasteiger partial charge < -0.3 is 15.9 Å². The normalized spacial score (nSPS) is 9.19. The molecule has 0 atom stereocenters. The summed E-state index contributed by atoms with van der Waals surface area (Å²) in [5, 5.41) is 17.0. The second-order valence-corrected chi connectivity index (χ2v) is 5.62. The third kappa shape index (κ3) is 20.4. The fourth-order valence-electron chi connectivity index (χ4n) is 1.94. The van der Waals surface area contributed by atoms with Crippen LogP contribution in [0.1, 0.15) is 56.8 Å². The van der Waals surface area contributed by atoms with Gasteiger partial charge in [0.15, 0.2) is 0 Å². The number of rotatable bonds is 10. The molecule has 148 valence electrons. The molecule has 4 N–H and O–H groups in total. The van der Waals surface area contributed by atoms with Gasteiger partial charge in [-0.1, -0.05) is 51.5 Å². The molecule has 0 amide bonds. The van der Waals surface area contributed by atoms with Gasteiger partial charge in [0.1, 0.15) is 0 Å². The first kappa shape index (κ1) is 26.6. The minimum atomic E-state index is -1.56. The van der Waals surface area contributed by atoms with Gasteiger partial charge in [-0.2, -0.15) is 6.54 Å². The molecular formula is C17H28N2O6V-. The van der Waals surface area contributed by atoms with Gasteiger partial charge in [0.2, 0.25) is 0 Å². The molecule has 8 nitrogen and oxygen atoms in total. The van der Waals surface area contributed by atoms with Gasteiger partial charge in [-0.25, -0.2) is 0 Å². The van der Waals surface area contributed by atoms with E-state index in [4.69, 9.17) is 23.7 Å². The Morgan fingerprint density at radius 2 is 1.42 bits per heavy atom. The fourth-order valence-corrected chi connectivity index (χ4v) is 1.94. The Labute approximate surface area is 161 Å². The summed E-state index contributed by atoms with van der Waals surface area (Å²) in [6.07, 6.45) is 7.40. The van der Waals surface area contributed by atoms with E-state index in [-0.39, 0.29) is 12.8 Å². The van der Waals surface area contributed by atoms with Crippen LogP contribution in [0.5, 0.6) is 0 Å². The molecule has 0 saturated carbocycles. The van der Waals surface area contributed by atoms with Crippen LogP contribution in [0.15, 0.2) is 18.2 Å². The van der Waals surface area contributed by atoms with E-state index in [2.05, 4.69) is 11.9 Å². The van der Waals surface area contributed by atoms with Crippen molar-refractivity contribution in [3.05, 3.63) is 35.3 Å². The summed E-state index contributed by atoms with van der Waals surface area (Å²) in [6, 6.07) is 4.71.